The SMILES string of the molecule is O=C(NCC1(C(=O)O)CCOCC1)c1cc2ccccc2c(=O)[nH]1. The summed E-state index contributed by atoms with van der Waals surface area (Å²) in [5, 5.41) is 13.3. The zero-order chi connectivity index (χ0) is 17.2. The van der Waals surface area contributed by atoms with Gasteiger partial charge in [0, 0.05) is 25.1 Å². The van der Waals surface area contributed by atoms with Gasteiger partial charge in [0.05, 0.1) is 5.41 Å². The van der Waals surface area contributed by atoms with Gasteiger partial charge in [-0.1, -0.05) is 18.2 Å². The van der Waals surface area contributed by atoms with E-state index in [1.807, 2.05) is 0 Å². The topological polar surface area (TPSA) is 108 Å². The highest BCUT2D eigenvalue weighted by Crippen LogP contribution is 2.30. The Hall–Kier alpha value is -2.67. The average molecular weight is 330 g/mol. The second-order valence-corrected chi connectivity index (χ2v) is 5.98. The van der Waals surface area contributed by atoms with E-state index in [1.165, 1.54) is 0 Å². The van der Waals surface area contributed by atoms with E-state index in [9.17, 15) is 19.5 Å². The molecule has 1 saturated heterocycles. The summed E-state index contributed by atoms with van der Waals surface area (Å²) in [6.07, 6.45) is 0.688. The molecule has 24 heavy (non-hydrogen) atoms. The van der Waals surface area contributed by atoms with Crippen molar-refractivity contribution < 1.29 is 19.4 Å². The molecule has 0 saturated carbocycles. The van der Waals surface area contributed by atoms with Crippen LogP contribution in [0.4, 0.5) is 0 Å². The zero-order valence-corrected chi connectivity index (χ0v) is 13.0. The van der Waals surface area contributed by atoms with Gasteiger partial charge in [-0.25, -0.2) is 0 Å². The van der Waals surface area contributed by atoms with Crippen LogP contribution in [0, 0.1) is 5.41 Å². The summed E-state index contributed by atoms with van der Waals surface area (Å²) in [4.78, 5) is 38.5. The number of pyridine rings is 1. The van der Waals surface area contributed by atoms with Crippen LogP contribution in [-0.4, -0.2) is 41.7 Å². The van der Waals surface area contributed by atoms with Gasteiger partial charge in [-0.15, -0.1) is 0 Å². The molecule has 1 aromatic heterocycles. The third-order valence-electron chi connectivity index (χ3n) is 4.49. The lowest BCUT2D eigenvalue weighted by molar-refractivity contribution is -0.154. The largest absolute Gasteiger partial charge is 0.481 e. The molecule has 7 nitrogen and oxygen atoms in total. The molecule has 3 N–H and O–H groups in total. The number of carbonyl (C=O) groups excluding carboxylic acids is 1. The first kappa shape index (κ1) is 16.2. The van der Waals surface area contributed by atoms with E-state index in [-0.39, 0.29) is 17.8 Å². The second-order valence-electron chi connectivity index (χ2n) is 5.98. The van der Waals surface area contributed by atoms with Crippen molar-refractivity contribution in [1.82, 2.24) is 10.3 Å². The molecule has 2 heterocycles. The Morgan fingerprint density at radius 1 is 1.25 bits per heavy atom. The molecular formula is C17H18N2O5. The number of nitrogens with one attached hydrogen (secondary N) is 2. The number of hydrogen-bond donors (Lipinski definition) is 3. The quantitative estimate of drug-likeness (QED) is 0.779. The van der Waals surface area contributed by atoms with Gasteiger partial charge in [0.15, 0.2) is 0 Å². The molecule has 3 rings (SSSR count). The van der Waals surface area contributed by atoms with E-state index in [0.29, 0.717) is 36.8 Å². The third-order valence-corrected chi connectivity index (χ3v) is 4.49. The smallest absolute Gasteiger partial charge is 0.311 e. The molecule has 1 aliphatic rings. The Kier molecular flexibility index (Phi) is 4.35. The third kappa shape index (κ3) is 3.03. The summed E-state index contributed by atoms with van der Waals surface area (Å²) in [5.41, 5.74) is -1.26. The van der Waals surface area contributed by atoms with Crippen molar-refractivity contribution in [2.45, 2.75) is 12.8 Å². The average Bonchev–Trinajstić information content (AvgIpc) is 2.60. The molecule has 0 atom stereocenters. The minimum absolute atomic E-state index is 0.000611. The first-order valence-corrected chi connectivity index (χ1v) is 7.73. The minimum Gasteiger partial charge on any atom is -0.481 e. The van der Waals surface area contributed by atoms with Crippen LogP contribution in [0.2, 0.25) is 0 Å². The van der Waals surface area contributed by atoms with Crippen LogP contribution >= 0.6 is 0 Å². The van der Waals surface area contributed by atoms with E-state index in [0.717, 1.165) is 0 Å². The van der Waals surface area contributed by atoms with Gasteiger partial charge in [0.1, 0.15) is 5.69 Å². The van der Waals surface area contributed by atoms with Gasteiger partial charge in [-0.2, -0.15) is 0 Å². The first-order chi connectivity index (χ1) is 11.5. The predicted octanol–water partition coefficient (Wildman–Crippen LogP) is 1.14. The van der Waals surface area contributed by atoms with Crippen molar-refractivity contribution in [1.29, 1.82) is 0 Å². The number of aliphatic carboxylic acids is 1. The van der Waals surface area contributed by atoms with Crippen molar-refractivity contribution in [3.05, 3.63) is 46.4 Å². The van der Waals surface area contributed by atoms with E-state index in [2.05, 4.69) is 10.3 Å². The lowest BCUT2D eigenvalue weighted by atomic mass is 9.80. The maximum atomic E-state index is 12.3. The number of carboxylic acids is 1. The minimum atomic E-state index is -1.02. The molecular weight excluding hydrogens is 312 g/mol. The molecule has 1 amide bonds. The number of amides is 1. The molecule has 126 valence electrons. The Labute approximate surface area is 137 Å². The number of aromatic nitrogens is 1. The highest BCUT2D eigenvalue weighted by molar-refractivity contribution is 5.96. The van der Waals surface area contributed by atoms with E-state index < -0.39 is 17.3 Å². The van der Waals surface area contributed by atoms with Gasteiger partial charge in [-0.05, 0) is 30.4 Å². The maximum absolute atomic E-state index is 12.3. The first-order valence-electron chi connectivity index (χ1n) is 7.73. The van der Waals surface area contributed by atoms with Crippen LogP contribution in [0.1, 0.15) is 23.3 Å². The number of ether oxygens (including phenoxy) is 1. The highest BCUT2D eigenvalue weighted by atomic mass is 16.5. The number of rotatable bonds is 4. The second kappa shape index (κ2) is 6.45. The molecule has 0 unspecified atom stereocenters. The number of hydrogen-bond acceptors (Lipinski definition) is 4. The van der Waals surface area contributed by atoms with Crippen LogP contribution in [0.3, 0.4) is 0 Å². The lowest BCUT2D eigenvalue weighted by Gasteiger charge is -2.33. The maximum Gasteiger partial charge on any atom is 0.311 e. The van der Waals surface area contributed by atoms with Crippen LogP contribution in [0.25, 0.3) is 10.8 Å². The fraction of sp³-hybridized carbons (Fsp3) is 0.353. The molecule has 0 radical (unpaired) electrons. The predicted molar refractivity (Wildman–Crippen MR) is 87.0 cm³/mol. The van der Waals surface area contributed by atoms with E-state index in [1.54, 1.807) is 30.3 Å². The van der Waals surface area contributed by atoms with Crippen molar-refractivity contribution in [2.24, 2.45) is 5.41 Å². The summed E-state index contributed by atoms with van der Waals surface area (Å²) >= 11 is 0. The lowest BCUT2D eigenvalue weighted by Crippen LogP contribution is -2.46. The van der Waals surface area contributed by atoms with Crippen molar-refractivity contribution in [2.75, 3.05) is 19.8 Å². The normalized spacial score (nSPS) is 16.7. The summed E-state index contributed by atoms with van der Waals surface area (Å²) in [6.45, 7) is 0.712. The number of benzene rings is 1. The zero-order valence-electron chi connectivity index (χ0n) is 13.0. The summed E-state index contributed by atoms with van der Waals surface area (Å²) in [7, 11) is 0. The molecule has 7 heteroatoms. The number of fused-ring (bicyclic) bond motifs is 1. The Morgan fingerprint density at radius 2 is 1.96 bits per heavy atom. The molecule has 0 bridgehead atoms. The summed E-state index contributed by atoms with van der Waals surface area (Å²) in [5.74, 6) is -1.44. The highest BCUT2D eigenvalue weighted by Gasteiger charge is 2.40. The molecule has 2 aromatic rings. The summed E-state index contributed by atoms with van der Waals surface area (Å²) < 4.78 is 5.21. The monoisotopic (exact) mass is 330 g/mol. The Bertz CT molecular complexity index is 836. The van der Waals surface area contributed by atoms with E-state index in [4.69, 9.17) is 4.74 Å². The molecule has 0 spiro atoms. The standard InChI is InChI=1S/C17H18N2O5/c20-14-12-4-2-1-3-11(12)9-13(19-14)15(21)18-10-17(16(22)23)5-7-24-8-6-17/h1-4,9H,5-8,10H2,(H,18,21)(H,19,20)(H,22,23). The van der Waals surface area contributed by atoms with Crippen LogP contribution < -0.4 is 10.9 Å². The van der Waals surface area contributed by atoms with Crippen LogP contribution in [0.5, 0.6) is 0 Å². The number of H-pyrrole nitrogens is 1. The van der Waals surface area contributed by atoms with Gasteiger partial charge in [-0.3, -0.25) is 14.4 Å². The molecule has 1 fully saturated rings. The Morgan fingerprint density at radius 3 is 2.67 bits per heavy atom. The summed E-state index contributed by atoms with van der Waals surface area (Å²) in [6, 6.07) is 8.54. The Balaban J connectivity index is 1.80. The van der Waals surface area contributed by atoms with Crippen LogP contribution in [0.15, 0.2) is 35.1 Å². The number of carboxylic acid groups (broad SMARTS) is 1. The van der Waals surface area contributed by atoms with Crippen molar-refractivity contribution in [3.8, 4) is 0 Å². The fourth-order valence-electron chi connectivity index (χ4n) is 2.91. The van der Waals surface area contributed by atoms with Gasteiger partial charge in [0.25, 0.3) is 11.5 Å². The van der Waals surface area contributed by atoms with Gasteiger partial charge >= 0.3 is 5.97 Å². The van der Waals surface area contributed by atoms with Gasteiger partial charge < -0.3 is 20.1 Å². The van der Waals surface area contributed by atoms with Crippen molar-refractivity contribution >= 4 is 22.6 Å². The molecule has 1 aliphatic heterocycles. The molecule has 1 aromatic carbocycles. The number of aromatic amines is 1. The van der Waals surface area contributed by atoms with Crippen LogP contribution in [-0.2, 0) is 9.53 Å². The fourth-order valence-corrected chi connectivity index (χ4v) is 2.91. The number of carbonyl (C=O) groups is 2. The molecule has 0 aliphatic carbocycles. The van der Waals surface area contributed by atoms with Crippen molar-refractivity contribution in [3.63, 3.8) is 0 Å². The van der Waals surface area contributed by atoms with Gasteiger partial charge in [0.2, 0.25) is 0 Å². The van der Waals surface area contributed by atoms with E-state index >= 15 is 0 Å².